The van der Waals surface area contributed by atoms with Gasteiger partial charge in [-0.25, -0.2) is 4.79 Å². The number of urea groups is 1. The van der Waals surface area contributed by atoms with Gasteiger partial charge < -0.3 is 19.9 Å². The van der Waals surface area contributed by atoms with E-state index in [2.05, 4.69) is 20.4 Å². The van der Waals surface area contributed by atoms with Gasteiger partial charge >= 0.3 is 12.6 Å². The fourth-order valence-corrected chi connectivity index (χ4v) is 2.87. The molecule has 0 aliphatic rings. The number of benzene rings is 1. The number of aromatic nitrogens is 2. The first-order valence-electron chi connectivity index (χ1n) is 9.07. The average molecular weight is 402 g/mol. The van der Waals surface area contributed by atoms with Crippen molar-refractivity contribution in [2.24, 2.45) is 0 Å². The number of carbonyl (C=O) groups excluding carboxylic acids is 1. The lowest BCUT2D eigenvalue weighted by molar-refractivity contribution is -0.0489. The van der Waals surface area contributed by atoms with Crippen molar-refractivity contribution >= 4 is 22.6 Å². The van der Waals surface area contributed by atoms with E-state index in [0.717, 1.165) is 6.42 Å². The van der Waals surface area contributed by atoms with Crippen molar-refractivity contribution in [2.45, 2.75) is 26.0 Å². The van der Waals surface area contributed by atoms with Crippen molar-refractivity contribution in [3.05, 3.63) is 65.2 Å². The predicted octanol–water partition coefficient (Wildman–Crippen LogP) is 3.60. The highest BCUT2D eigenvalue weighted by atomic mass is 19.3. The number of aryl methyl sites for hydroxylation is 1. The highest BCUT2D eigenvalue weighted by molar-refractivity contribution is 6.02. The van der Waals surface area contributed by atoms with E-state index in [-0.39, 0.29) is 16.8 Å². The van der Waals surface area contributed by atoms with Gasteiger partial charge in [0.05, 0.1) is 5.69 Å². The Bertz CT molecular complexity index is 1040. The van der Waals surface area contributed by atoms with Crippen LogP contribution in [0.4, 0.5) is 19.3 Å². The van der Waals surface area contributed by atoms with Crippen LogP contribution in [0.25, 0.3) is 10.9 Å². The molecule has 0 unspecified atom stereocenters. The van der Waals surface area contributed by atoms with Gasteiger partial charge in [0.2, 0.25) is 5.56 Å². The van der Waals surface area contributed by atoms with Crippen LogP contribution in [0.2, 0.25) is 0 Å². The van der Waals surface area contributed by atoms with E-state index < -0.39 is 12.6 Å². The van der Waals surface area contributed by atoms with Crippen molar-refractivity contribution in [1.82, 2.24) is 14.9 Å². The molecule has 0 bridgehead atoms. The van der Waals surface area contributed by atoms with E-state index in [1.54, 1.807) is 35.0 Å². The molecular weight excluding hydrogens is 382 g/mol. The summed E-state index contributed by atoms with van der Waals surface area (Å²) in [6.07, 6.45) is 4.61. The Morgan fingerprint density at radius 1 is 1.14 bits per heavy atom. The summed E-state index contributed by atoms with van der Waals surface area (Å²) in [5.41, 5.74) is 0.611. The Kier molecular flexibility index (Phi) is 6.72. The van der Waals surface area contributed by atoms with Gasteiger partial charge in [0.25, 0.3) is 0 Å². The largest absolute Gasteiger partial charge is 0.432 e. The summed E-state index contributed by atoms with van der Waals surface area (Å²) < 4.78 is 31.2. The Morgan fingerprint density at radius 3 is 2.79 bits per heavy atom. The number of carbonyl (C=O) groups is 1. The molecule has 2 aromatic heterocycles. The van der Waals surface area contributed by atoms with Crippen molar-refractivity contribution in [2.75, 3.05) is 11.9 Å². The van der Waals surface area contributed by atoms with Crippen LogP contribution in [-0.4, -0.2) is 28.7 Å². The van der Waals surface area contributed by atoms with Crippen molar-refractivity contribution < 1.29 is 18.3 Å². The normalized spacial score (nSPS) is 10.9. The molecule has 0 saturated carbocycles. The van der Waals surface area contributed by atoms with Gasteiger partial charge in [-0.05, 0) is 43.2 Å². The van der Waals surface area contributed by atoms with Crippen LogP contribution >= 0.6 is 0 Å². The van der Waals surface area contributed by atoms with Crippen LogP contribution in [0, 0.1) is 0 Å². The number of nitrogens with zero attached hydrogens (tertiary/aromatic N) is 2. The lowest BCUT2D eigenvalue weighted by Crippen LogP contribution is -2.30. The predicted molar refractivity (Wildman–Crippen MR) is 105 cm³/mol. The van der Waals surface area contributed by atoms with E-state index in [4.69, 9.17) is 0 Å². The summed E-state index contributed by atoms with van der Waals surface area (Å²) in [5.74, 6) is -0.0577. The minimum atomic E-state index is -2.96. The first-order valence-corrected chi connectivity index (χ1v) is 9.07. The van der Waals surface area contributed by atoms with Gasteiger partial charge in [-0.2, -0.15) is 8.78 Å². The van der Waals surface area contributed by atoms with Gasteiger partial charge in [0.1, 0.15) is 5.52 Å². The maximum atomic E-state index is 12.5. The number of hydrogen-bond donors (Lipinski definition) is 2. The molecule has 0 atom stereocenters. The summed E-state index contributed by atoms with van der Waals surface area (Å²) in [6.45, 7) is -1.96. The molecule has 152 valence electrons. The maximum absolute atomic E-state index is 12.5. The van der Waals surface area contributed by atoms with Crippen molar-refractivity contribution in [3.8, 4) is 5.75 Å². The van der Waals surface area contributed by atoms with Crippen molar-refractivity contribution in [3.63, 3.8) is 0 Å². The molecule has 2 heterocycles. The number of hydrogen-bond acceptors (Lipinski definition) is 4. The quantitative estimate of drug-likeness (QED) is 0.564. The first kappa shape index (κ1) is 20.2. The van der Waals surface area contributed by atoms with Gasteiger partial charge in [-0.3, -0.25) is 9.78 Å². The minimum Gasteiger partial charge on any atom is -0.432 e. The standard InChI is InChI=1S/C20H20F2N4O3/c21-19(22)29-16-9-8-15(14-6-5-11-23-18(14)16)25-20(28)24-10-2-4-13-26-12-3-1-7-17(26)27/h1,3,5-9,11-12,19H,2,4,10,13H2,(H2,24,25,28). The maximum Gasteiger partial charge on any atom is 0.387 e. The van der Waals surface area contributed by atoms with Gasteiger partial charge in [0, 0.05) is 36.9 Å². The summed E-state index contributed by atoms with van der Waals surface area (Å²) in [4.78, 5) is 27.8. The summed E-state index contributed by atoms with van der Waals surface area (Å²) in [5, 5.41) is 5.92. The summed E-state index contributed by atoms with van der Waals surface area (Å²) in [6, 6.07) is 10.7. The number of unbranched alkanes of at least 4 members (excludes halogenated alkanes) is 1. The molecule has 29 heavy (non-hydrogen) atoms. The Hall–Kier alpha value is -3.49. The van der Waals surface area contributed by atoms with Crippen LogP contribution in [0.5, 0.6) is 5.75 Å². The number of nitrogens with one attached hydrogen (secondary N) is 2. The molecule has 0 aliphatic carbocycles. The molecule has 0 spiro atoms. The molecule has 0 saturated heterocycles. The van der Waals surface area contributed by atoms with E-state index in [1.807, 2.05) is 0 Å². The number of halogens is 2. The number of rotatable bonds is 8. The third kappa shape index (κ3) is 5.50. The van der Waals surface area contributed by atoms with Crippen LogP contribution in [0.1, 0.15) is 12.8 Å². The van der Waals surface area contributed by atoms with Gasteiger partial charge in [-0.15, -0.1) is 0 Å². The van der Waals surface area contributed by atoms with Crippen molar-refractivity contribution in [1.29, 1.82) is 0 Å². The number of anilines is 1. The van der Waals surface area contributed by atoms with E-state index in [1.165, 1.54) is 24.4 Å². The molecule has 3 rings (SSSR count). The number of amides is 2. The lowest BCUT2D eigenvalue weighted by Gasteiger charge is -2.13. The average Bonchev–Trinajstić information content (AvgIpc) is 2.70. The fraction of sp³-hybridized carbons (Fsp3) is 0.250. The van der Waals surface area contributed by atoms with Crippen LogP contribution in [-0.2, 0) is 6.54 Å². The van der Waals surface area contributed by atoms with Crippen LogP contribution in [0.3, 0.4) is 0 Å². The second-order valence-electron chi connectivity index (χ2n) is 6.21. The molecule has 9 heteroatoms. The van der Waals surface area contributed by atoms with Gasteiger partial charge in [0.15, 0.2) is 5.75 Å². The first-order chi connectivity index (χ1) is 14.0. The molecule has 1 aromatic carbocycles. The zero-order valence-corrected chi connectivity index (χ0v) is 15.5. The number of alkyl halides is 2. The smallest absolute Gasteiger partial charge is 0.387 e. The molecule has 0 aliphatic heterocycles. The van der Waals surface area contributed by atoms with E-state index in [9.17, 15) is 18.4 Å². The Balaban J connectivity index is 1.53. The number of fused-ring (bicyclic) bond motifs is 1. The zero-order chi connectivity index (χ0) is 20.6. The van der Waals surface area contributed by atoms with Gasteiger partial charge in [-0.1, -0.05) is 6.07 Å². The number of pyridine rings is 2. The zero-order valence-electron chi connectivity index (χ0n) is 15.5. The van der Waals surface area contributed by atoms with E-state index in [0.29, 0.717) is 30.6 Å². The second-order valence-corrected chi connectivity index (χ2v) is 6.21. The monoisotopic (exact) mass is 402 g/mol. The minimum absolute atomic E-state index is 0.0574. The second kappa shape index (κ2) is 9.63. The molecule has 2 amide bonds. The molecule has 2 N–H and O–H groups in total. The Labute approximate surface area is 165 Å². The van der Waals surface area contributed by atoms with Crippen LogP contribution in [0.15, 0.2) is 59.7 Å². The highest BCUT2D eigenvalue weighted by Gasteiger charge is 2.13. The molecule has 0 fully saturated rings. The summed E-state index contributed by atoms with van der Waals surface area (Å²) >= 11 is 0. The lowest BCUT2D eigenvalue weighted by atomic mass is 10.1. The SMILES string of the molecule is O=C(NCCCCn1ccccc1=O)Nc1ccc(OC(F)F)c2ncccc12. The van der Waals surface area contributed by atoms with E-state index >= 15 is 0 Å². The fourth-order valence-electron chi connectivity index (χ4n) is 2.87. The third-order valence-corrected chi connectivity index (χ3v) is 4.21. The number of ether oxygens (including phenoxy) is 1. The van der Waals surface area contributed by atoms with Crippen LogP contribution < -0.4 is 20.9 Å². The highest BCUT2D eigenvalue weighted by Crippen LogP contribution is 2.30. The molecule has 0 radical (unpaired) electrons. The summed E-state index contributed by atoms with van der Waals surface area (Å²) in [7, 11) is 0. The molecule has 3 aromatic rings. The third-order valence-electron chi connectivity index (χ3n) is 4.21. The Morgan fingerprint density at radius 2 is 2.00 bits per heavy atom. The molecular formula is C20H20F2N4O3. The topological polar surface area (TPSA) is 85.2 Å². The molecule has 7 nitrogen and oxygen atoms in total.